The standard InChI is InChI=1S/C17H11Cl3N3O4/c1-7(24)14-16(25)10-4-9(19)6-13(23(26)27)15(10)22-17(14)21-12-3-2-8(18)5-11(12)20/h2-6,26H,1H3,(H2,21,22,25)/q-1. The van der Waals surface area contributed by atoms with Gasteiger partial charge in [-0.3, -0.25) is 14.8 Å². The van der Waals surface area contributed by atoms with Crippen LogP contribution in [0.5, 0.6) is 0 Å². The van der Waals surface area contributed by atoms with Crippen LogP contribution in [0, 0.1) is 5.21 Å². The molecule has 1 aromatic heterocycles. The molecule has 1 heterocycles. The first-order valence-electron chi connectivity index (χ1n) is 7.47. The molecule has 140 valence electrons. The van der Waals surface area contributed by atoms with Gasteiger partial charge in [-0.05, 0) is 37.3 Å². The van der Waals surface area contributed by atoms with Crippen LogP contribution in [0.2, 0.25) is 15.1 Å². The molecule has 3 rings (SSSR count). The second-order valence-corrected chi connectivity index (χ2v) is 6.91. The minimum atomic E-state index is -0.658. The zero-order chi connectivity index (χ0) is 19.9. The molecule has 2 aromatic carbocycles. The fourth-order valence-corrected chi connectivity index (χ4v) is 3.31. The average molecular weight is 428 g/mol. The second-order valence-electron chi connectivity index (χ2n) is 5.63. The number of aromatic nitrogens is 1. The topological polar surface area (TPSA) is 108 Å². The van der Waals surface area contributed by atoms with E-state index < -0.39 is 16.4 Å². The number of carbonyl (C=O) groups excluding carboxylic acids is 1. The normalized spacial score (nSPS) is 10.9. The Bertz CT molecular complexity index is 1130. The first-order chi connectivity index (χ1) is 12.7. The number of aromatic amines is 1. The molecule has 0 saturated carbocycles. The van der Waals surface area contributed by atoms with E-state index in [0.717, 1.165) is 0 Å². The van der Waals surface area contributed by atoms with Gasteiger partial charge in [0.15, 0.2) is 5.78 Å². The van der Waals surface area contributed by atoms with Crippen LogP contribution in [-0.2, 0) is 0 Å². The molecule has 0 radical (unpaired) electrons. The van der Waals surface area contributed by atoms with Crippen molar-refractivity contribution in [3.05, 3.63) is 66.4 Å². The SMILES string of the molecule is CC(=O)c1c(Nc2ccc(Cl)cc2Cl)[nH]c2c(N([O-])O)cc(Cl)cc2c1=O. The molecule has 0 aliphatic rings. The van der Waals surface area contributed by atoms with Crippen LogP contribution in [-0.4, -0.2) is 16.0 Å². The first kappa shape index (κ1) is 19.5. The number of H-pyrrole nitrogens is 1. The average Bonchev–Trinajstić information content (AvgIpc) is 2.57. The number of hydrogen-bond donors (Lipinski definition) is 3. The number of halogens is 3. The van der Waals surface area contributed by atoms with Crippen molar-refractivity contribution in [3.63, 3.8) is 0 Å². The minimum absolute atomic E-state index is 0.000476. The number of nitrogens with one attached hydrogen (secondary N) is 2. The van der Waals surface area contributed by atoms with Gasteiger partial charge in [0.1, 0.15) is 11.4 Å². The van der Waals surface area contributed by atoms with Gasteiger partial charge in [-0.2, -0.15) is 0 Å². The number of fused-ring (bicyclic) bond motifs is 1. The summed E-state index contributed by atoms with van der Waals surface area (Å²) >= 11 is 17.9. The Hall–Kier alpha value is -2.29. The van der Waals surface area contributed by atoms with E-state index in [1.807, 2.05) is 0 Å². The van der Waals surface area contributed by atoms with Gasteiger partial charge in [-0.25, -0.2) is 0 Å². The van der Waals surface area contributed by atoms with E-state index in [9.17, 15) is 20.0 Å². The first-order valence-corrected chi connectivity index (χ1v) is 8.61. The molecule has 0 unspecified atom stereocenters. The minimum Gasteiger partial charge on any atom is -0.733 e. The quantitative estimate of drug-likeness (QED) is 0.393. The highest BCUT2D eigenvalue weighted by molar-refractivity contribution is 6.36. The van der Waals surface area contributed by atoms with Crippen molar-refractivity contribution in [2.24, 2.45) is 0 Å². The fraction of sp³-hybridized carbons (Fsp3) is 0.0588. The summed E-state index contributed by atoms with van der Waals surface area (Å²) in [6.45, 7) is 1.22. The van der Waals surface area contributed by atoms with Crippen LogP contribution < -0.4 is 16.0 Å². The number of benzene rings is 2. The molecule has 3 aromatic rings. The van der Waals surface area contributed by atoms with Crippen molar-refractivity contribution >= 4 is 68.7 Å². The molecule has 0 amide bonds. The van der Waals surface area contributed by atoms with Gasteiger partial charge in [0.2, 0.25) is 5.43 Å². The lowest BCUT2D eigenvalue weighted by Gasteiger charge is -2.24. The molecule has 0 aliphatic carbocycles. The third-order valence-corrected chi connectivity index (χ3v) is 4.57. The highest BCUT2D eigenvalue weighted by atomic mass is 35.5. The van der Waals surface area contributed by atoms with E-state index in [-0.39, 0.29) is 38.0 Å². The van der Waals surface area contributed by atoms with Crippen molar-refractivity contribution in [2.75, 3.05) is 10.5 Å². The summed E-state index contributed by atoms with van der Waals surface area (Å²) in [6, 6.07) is 7.09. The summed E-state index contributed by atoms with van der Waals surface area (Å²) in [5.41, 5.74) is -0.752. The Morgan fingerprint density at radius 3 is 2.48 bits per heavy atom. The van der Waals surface area contributed by atoms with Crippen molar-refractivity contribution < 1.29 is 10.0 Å². The molecular weight excluding hydrogens is 417 g/mol. The van der Waals surface area contributed by atoms with Crippen molar-refractivity contribution in [1.29, 1.82) is 0 Å². The van der Waals surface area contributed by atoms with Gasteiger partial charge in [0.05, 0.1) is 27.3 Å². The van der Waals surface area contributed by atoms with Crippen molar-refractivity contribution in [2.45, 2.75) is 6.92 Å². The lowest BCUT2D eigenvalue weighted by Crippen LogP contribution is -2.19. The Balaban J connectivity index is 2.32. The molecular formula is C17H11Cl3N3O4-. The van der Waals surface area contributed by atoms with Crippen LogP contribution in [0.15, 0.2) is 35.1 Å². The maximum absolute atomic E-state index is 12.9. The molecule has 0 atom stereocenters. The van der Waals surface area contributed by atoms with Gasteiger partial charge >= 0.3 is 0 Å². The Kier molecular flexibility index (Phi) is 5.32. The summed E-state index contributed by atoms with van der Waals surface area (Å²) in [7, 11) is 0. The zero-order valence-electron chi connectivity index (χ0n) is 13.6. The van der Waals surface area contributed by atoms with Crippen LogP contribution in [0.4, 0.5) is 17.2 Å². The number of anilines is 3. The molecule has 0 aliphatic heterocycles. The predicted octanol–water partition coefficient (Wildman–Crippen LogP) is 5.13. The van der Waals surface area contributed by atoms with Gasteiger partial charge in [-0.1, -0.05) is 34.8 Å². The van der Waals surface area contributed by atoms with Crippen LogP contribution in [0.25, 0.3) is 10.9 Å². The molecule has 0 saturated heterocycles. The van der Waals surface area contributed by atoms with E-state index in [1.54, 1.807) is 12.1 Å². The van der Waals surface area contributed by atoms with Gasteiger partial charge < -0.3 is 20.7 Å². The summed E-state index contributed by atoms with van der Waals surface area (Å²) in [5.74, 6) is -0.509. The number of carbonyl (C=O) groups is 1. The van der Waals surface area contributed by atoms with E-state index in [0.29, 0.717) is 10.7 Å². The molecule has 7 nitrogen and oxygen atoms in total. The van der Waals surface area contributed by atoms with Gasteiger partial charge in [0, 0.05) is 10.0 Å². The number of ketones is 1. The largest absolute Gasteiger partial charge is 0.733 e. The molecule has 27 heavy (non-hydrogen) atoms. The fourth-order valence-electron chi connectivity index (χ4n) is 2.64. The molecule has 0 spiro atoms. The summed E-state index contributed by atoms with van der Waals surface area (Å²) in [4.78, 5) is 27.7. The summed E-state index contributed by atoms with van der Waals surface area (Å²) in [5, 5.41) is 23.9. The lowest BCUT2D eigenvalue weighted by atomic mass is 10.1. The Labute approximate surface area is 167 Å². The van der Waals surface area contributed by atoms with Crippen molar-refractivity contribution in [1.82, 2.24) is 4.98 Å². The monoisotopic (exact) mass is 426 g/mol. The third kappa shape index (κ3) is 3.73. The molecule has 3 N–H and O–H groups in total. The Morgan fingerprint density at radius 2 is 1.89 bits per heavy atom. The number of nitrogens with zero attached hydrogens (tertiary/aromatic N) is 1. The van der Waals surface area contributed by atoms with E-state index in [4.69, 9.17) is 34.8 Å². The molecule has 0 bridgehead atoms. The lowest BCUT2D eigenvalue weighted by molar-refractivity contribution is 0.101. The number of Topliss-reactive ketones (excluding diaryl/α,β-unsaturated/α-hetero) is 1. The number of rotatable bonds is 4. The number of pyridine rings is 1. The third-order valence-electron chi connectivity index (χ3n) is 3.80. The van der Waals surface area contributed by atoms with E-state index >= 15 is 0 Å². The second kappa shape index (κ2) is 7.38. The zero-order valence-corrected chi connectivity index (χ0v) is 15.9. The van der Waals surface area contributed by atoms with E-state index in [2.05, 4.69) is 10.3 Å². The highest BCUT2D eigenvalue weighted by Crippen LogP contribution is 2.32. The smallest absolute Gasteiger partial charge is 0.202 e. The molecule has 10 heteroatoms. The van der Waals surface area contributed by atoms with Crippen LogP contribution in [0.1, 0.15) is 17.3 Å². The van der Waals surface area contributed by atoms with E-state index in [1.165, 1.54) is 25.1 Å². The Morgan fingerprint density at radius 1 is 1.19 bits per heavy atom. The highest BCUT2D eigenvalue weighted by Gasteiger charge is 2.19. The maximum Gasteiger partial charge on any atom is 0.202 e. The summed E-state index contributed by atoms with van der Waals surface area (Å²) in [6.07, 6.45) is 0. The van der Waals surface area contributed by atoms with Crippen molar-refractivity contribution in [3.8, 4) is 0 Å². The number of hydrogen-bond acceptors (Lipinski definition) is 6. The van der Waals surface area contributed by atoms with Gasteiger partial charge in [0.25, 0.3) is 0 Å². The predicted molar refractivity (Wildman–Crippen MR) is 107 cm³/mol. The van der Waals surface area contributed by atoms with Crippen LogP contribution in [0.3, 0.4) is 0 Å². The van der Waals surface area contributed by atoms with Crippen LogP contribution >= 0.6 is 34.8 Å². The maximum atomic E-state index is 12.9. The van der Waals surface area contributed by atoms with Gasteiger partial charge in [-0.15, -0.1) is 0 Å². The summed E-state index contributed by atoms with van der Waals surface area (Å²) < 4.78 is 0. The molecule has 0 fully saturated rings.